The van der Waals surface area contributed by atoms with E-state index in [9.17, 15) is 9.59 Å². The largest absolute Gasteiger partial charge is 0.491 e. The molecule has 8 heteroatoms. The lowest BCUT2D eigenvalue weighted by Crippen LogP contribution is -2.09. The first-order valence-corrected chi connectivity index (χ1v) is 18.9. The number of carbonyl (C=O) groups is 2. The maximum Gasteiger partial charge on any atom is 0.221 e. The number of anilines is 2. The molecule has 0 atom stereocenters. The lowest BCUT2D eigenvalue weighted by Gasteiger charge is -2.16. The maximum atomic E-state index is 11.8. The number of rotatable bonds is 25. The summed E-state index contributed by atoms with van der Waals surface area (Å²) in [6.45, 7) is 4.22. The minimum atomic E-state index is -0.132. The number of unbranched alkanes of at least 4 members (excludes halogenated alkanes) is 14. The van der Waals surface area contributed by atoms with Crippen molar-refractivity contribution in [2.75, 3.05) is 34.5 Å². The van der Waals surface area contributed by atoms with Gasteiger partial charge in [0.05, 0.1) is 24.6 Å². The van der Waals surface area contributed by atoms with E-state index in [4.69, 9.17) is 9.47 Å². The van der Waals surface area contributed by atoms with Gasteiger partial charge < -0.3 is 20.1 Å². The van der Waals surface area contributed by atoms with Crippen LogP contribution in [0.15, 0.2) is 36.4 Å². The molecule has 2 amide bonds. The number of amides is 2. The van der Waals surface area contributed by atoms with Crippen molar-refractivity contribution >= 4 is 55.0 Å². The minimum absolute atomic E-state index is 0.132. The Morgan fingerprint density at radius 1 is 0.523 bits per heavy atom. The molecule has 6 nitrogen and oxygen atoms in total. The molecule has 2 rings (SSSR count). The molecule has 0 aliphatic rings. The van der Waals surface area contributed by atoms with E-state index in [1.54, 1.807) is 0 Å². The number of halogens is 2. The van der Waals surface area contributed by atoms with Gasteiger partial charge in [0, 0.05) is 24.5 Å². The van der Waals surface area contributed by atoms with E-state index in [0.717, 1.165) is 47.5 Å². The topological polar surface area (TPSA) is 76.7 Å². The van der Waals surface area contributed by atoms with Crippen molar-refractivity contribution in [3.8, 4) is 22.6 Å². The van der Waals surface area contributed by atoms with Crippen LogP contribution in [0, 0.1) is 0 Å². The molecule has 0 bridgehead atoms. The minimum Gasteiger partial charge on any atom is -0.491 e. The van der Waals surface area contributed by atoms with E-state index in [0.29, 0.717) is 36.1 Å². The molecule has 2 aromatic rings. The van der Waals surface area contributed by atoms with Crippen LogP contribution < -0.4 is 20.1 Å². The summed E-state index contributed by atoms with van der Waals surface area (Å²) >= 11 is 6.99. The molecule has 0 saturated heterocycles. The Hall–Kier alpha value is -2.06. The normalized spacial score (nSPS) is 10.9. The molecule has 0 unspecified atom stereocenters. The SMILES string of the molecule is CC(=O)Nc1ccc(-c2ccc(NC(C)=O)c(OCCCCCCCCCCBr)c2)cc1OCCCCCCCCCCBr. The monoisotopic (exact) mass is 736 g/mol. The number of benzene rings is 2. The van der Waals surface area contributed by atoms with Crippen LogP contribution in [-0.2, 0) is 9.59 Å². The predicted octanol–water partition coefficient (Wildman–Crippen LogP) is 11.1. The van der Waals surface area contributed by atoms with Crippen molar-refractivity contribution in [1.29, 1.82) is 0 Å². The van der Waals surface area contributed by atoms with Gasteiger partial charge in [-0.3, -0.25) is 9.59 Å². The summed E-state index contributed by atoms with van der Waals surface area (Å²) in [6, 6.07) is 11.7. The highest BCUT2D eigenvalue weighted by atomic mass is 79.9. The van der Waals surface area contributed by atoms with Crippen LogP contribution in [0.2, 0.25) is 0 Å². The summed E-state index contributed by atoms with van der Waals surface area (Å²) in [6.07, 6.45) is 19.6. The van der Waals surface area contributed by atoms with Crippen molar-refractivity contribution < 1.29 is 19.1 Å². The maximum absolute atomic E-state index is 11.8. The fourth-order valence-corrected chi connectivity index (χ4v) is 5.90. The lowest BCUT2D eigenvalue weighted by molar-refractivity contribution is -0.115. The number of ether oxygens (including phenoxy) is 2. The van der Waals surface area contributed by atoms with Crippen LogP contribution in [-0.4, -0.2) is 35.7 Å². The van der Waals surface area contributed by atoms with Crippen molar-refractivity contribution in [1.82, 2.24) is 0 Å². The average molecular weight is 739 g/mol. The van der Waals surface area contributed by atoms with Crippen LogP contribution in [0.4, 0.5) is 11.4 Å². The Labute approximate surface area is 283 Å². The third-order valence-corrected chi connectivity index (χ3v) is 8.61. The fraction of sp³-hybridized carbons (Fsp3) is 0.611. The quantitative estimate of drug-likeness (QED) is 0.0786. The van der Waals surface area contributed by atoms with Gasteiger partial charge in [-0.1, -0.05) is 121 Å². The standard InChI is InChI=1S/C36H54Br2N2O4/c1-29(41)39-33-21-19-31(27-35(33)43-25-17-13-9-5-3-7-11-15-23-37)32-20-22-34(40-30(2)42)36(28-32)44-26-18-14-10-6-4-8-12-16-24-38/h19-22,27-28H,3-18,23-26H2,1-2H3,(H,39,41)(H,40,42). The van der Waals surface area contributed by atoms with Crippen molar-refractivity contribution in [3.05, 3.63) is 36.4 Å². The molecular weight excluding hydrogens is 684 g/mol. The van der Waals surface area contributed by atoms with Gasteiger partial charge in [-0.15, -0.1) is 0 Å². The summed E-state index contributed by atoms with van der Waals surface area (Å²) in [5.74, 6) is 1.06. The second kappa shape index (κ2) is 24.2. The molecule has 0 aromatic heterocycles. The number of nitrogens with one attached hydrogen (secondary N) is 2. The zero-order valence-corrected chi connectivity index (χ0v) is 30.2. The Balaban J connectivity index is 1.98. The van der Waals surface area contributed by atoms with E-state index in [2.05, 4.69) is 42.5 Å². The number of alkyl halides is 2. The molecule has 0 aliphatic heterocycles. The van der Waals surface area contributed by atoms with Gasteiger partial charge in [0.1, 0.15) is 11.5 Å². The molecule has 0 spiro atoms. The molecule has 0 radical (unpaired) electrons. The smallest absolute Gasteiger partial charge is 0.221 e. The third-order valence-electron chi connectivity index (χ3n) is 7.49. The van der Waals surface area contributed by atoms with Gasteiger partial charge in [0.15, 0.2) is 0 Å². The van der Waals surface area contributed by atoms with E-state index in [1.807, 2.05) is 36.4 Å². The van der Waals surface area contributed by atoms with Gasteiger partial charge in [-0.25, -0.2) is 0 Å². The van der Waals surface area contributed by atoms with Crippen molar-refractivity contribution in [2.45, 2.75) is 117 Å². The highest BCUT2D eigenvalue weighted by molar-refractivity contribution is 9.09. The van der Waals surface area contributed by atoms with Gasteiger partial charge in [0.2, 0.25) is 11.8 Å². The summed E-state index contributed by atoms with van der Waals surface area (Å²) < 4.78 is 12.4. The summed E-state index contributed by atoms with van der Waals surface area (Å²) in [7, 11) is 0. The highest BCUT2D eigenvalue weighted by Crippen LogP contribution is 2.35. The molecule has 0 heterocycles. The molecule has 0 aliphatic carbocycles. The van der Waals surface area contributed by atoms with Gasteiger partial charge in [-0.05, 0) is 61.1 Å². The van der Waals surface area contributed by atoms with E-state index >= 15 is 0 Å². The van der Waals surface area contributed by atoms with Crippen LogP contribution in [0.3, 0.4) is 0 Å². The molecular formula is C36H54Br2N2O4. The van der Waals surface area contributed by atoms with Crippen LogP contribution >= 0.6 is 31.9 Å². The number of hydrogen-bond donors (Lipinski definition) is 2. The van der Waals surface area contributed by atoms with Crippen molar-refractivity contribution in [2.24, 2.45) is 0 Å². The van der Waals surface area contributed by atoms with Gasteiger partial charge >= 0.3 is 0 Å². The van der Waals surface area contributed by atoms with Crippen LogP contribution in [0.5, 0.6) is 11.5 Å². The van der Waals surface area contributed by atoms with Crippen molar-refractivity contribution in [3.63, 3.8) is 0 Å². The van der Waals surface area contributed by atoms with Gasteiger partial charge in [-0.2, -0.15) is 0 Å². The zero-order valence-electron chi connectivity index (χ0n) is 27.0. The Bertz CT molecular complexity index is 1010. The molecule has 0 saturated carbocycles. The molecule has 2 N–H and O–H groups in total. The third kappa shape index (κ3) is 16.9. The van der Waals surface area contributed by atoms with E-state index in [-0.39, 0.29) is 11.8 Å². The first-order valence-electron chi connectivity index (χ1n) is 16.7. The van der Waals surface area contributed by atoms with E-state index in [1.165, 1.54) is 90.9 Å². The predicted molar refractivity (Wildman–Crippen MR) is 193 cm³/mol. The zero-order chi connectivity index (χ0) is 31.8. The molecule has 44 heavy (non-hydrogen) atoms. The first-order chi connectivity index (χ1) is 21.4. The molecule has 246 valence electrons. The number of carbonyl (C=O) groups excluding carboxylic acids is 2. The Kier molecular flexibility index (Phi) is 21.0. The lowest BCUT2D eigenvalue weighted by atomic mass is 10.0. The molecule has 0 fully saturated rings. The number of hydrogen-bond acceptors (Lipinski definition) is 4. The Morgan fingerprint density at radius 2 is 0.841 bits per heavy atom. The van der Waals surface area contributed by atoms with E-state index < -0.39 is 0 Å². The highest BCUT2D eigenvalue weighted by Gasteiger charge is 2.12. The van der Waals surface area contributed by atoms with Crippen LogP contribution in [0.1, 0.15) is 117 Å². The molecule has 2 aromatic carbocycles. The van der Waals surface area contributed by atoms with Crippen LogP contribution in [0.25, 0.3) is 11.1 Å². The average Bonchev–Trinajstić information content (AvgIpc) is 3.00. The fourth-order valence-electron chi connectivity index (χ4n) is 5.11. The summed E-state index contributed by atoms with van der Waals surface area (Å²) in [5, 5.41) is 8.00. The first kappa shape index (κ1) is 38.1. The summed E-state index contributed by atoms with van der Waals surface area (Å²) in [5.41, 5.74) is 3.25. The van der Waals surface area contributed by atoms with Gasteiger partial charge in [0.25, 0.3) is 0 Å². The second-order valence-corrected chi connectivity index (χ2v) is 13.1. The Morgan fingerprint density at radius 3 is 1.16 bits per heavy atom. The summed E-state index contributed by atoms with van der Waals surface area (Å²) in [4.78, 5) is 23.7. The second-order valence-electron chi connectivity index (χ2n) is 11.5.